The van der Waals surface area contributed by atoms with Crippen LogP contribution in [0.4, 0.5) is 5.69 Å². The van der Waals surface area contributed by atoms with E-state index in [4.69, 9.17) is 0 Å². The maximum atomic E-state index is 12.0. The molecule has 0 saturated carbocycles. The van der Waals surface area contributed by atoms with Crippen molar-refractivity contribution in [3.63, 3.8) is 0 Å². The molecular formula is C15H20N2O2. The molecule has 0 aliphatic carbocycles. The molecule has 1 aromatic carbocycles. The maximum absolute atomic E-state index is 12.0. The first-order valence-electron chi connectivity index (χ1n) is 6.76. The fourth-order valence-corrected chi connectivity index (χ4v) is 2.31. The quantitative estimate of drug-likeness (QED) is 0.900. The summed E-state index contributed by atoms with van der Waals surface area (Å²) in [4.78, 5) is 25.3. The van der Waals surface area contributed by atoms with Gasteiger partial charge in [-0.1, -0.05) is 24.6 Å². The summed E-state index contributed by atoms with van der Waals surface area (Å²) in [5.74, 6) is 0.108. The van der Waals surface area contributed by atoms with Crippen LogP contribution in [0, 0.1) is 6.92 Å². The number of anilines is 1. The van der Waals surface area contributed by atoms with Gasteiger partial charge in [0.25, 0.3) is 0 Å². The zero-order chi connectivity index (χ0) is 13.8. The molecule has 0 spiro atoms. The average Bonchev–Trinajstić information content (AvgIpc) is 2.71. The Bertz CT molecular complexity index is 468. The van der Waals surface area contributed by atoms with E-state index < -0.39 is 0 Å². The molecule has 19 heavy (non-hydrogen) atoms. The maximum Gasteiger partial charge on any atom is 0.229 e. The first kappa shape index (κ1) is 13.6. The first-order valence-corrected chi connectivity index (χ1v) is 6.76. The molecular weight excluding hydrogens is 240 g/mol. The van der Waals surface area contributed by atoms with E-state index in [-0.39, 0.29) is 17.9 Å². The number of benzene rings is 1. The number of nitrogens with one attached hydrogen (secondary N) is 1. The second-order valence-corrected chi connectivity index (χ2v) is 5.06. The molecule has 0 bridgehead atoms. The van der Waals surface area contributed by atoms with Crippen LogP contribution in [0.15, 0.2) is 24.3 Å². The molecule has 1 saturated heterocycles. The summed E-state index contributed by atoms with van der Waals surface area (Å²) in [6.45, 7) is 4.55. The van der Waals surface area contributed by atoms with Gasteiger partial charge in [0.15, 0.2) is 0 Å². The molecule has 1 aromatic rings. The smallest absolute Gasteiger partial charge is 0.229 e. The van der Waals surface area contributed by atoms with Crippen LogP contribution in [0.1, 0.15) is 31.7 Å². The van der Waals surface area contributed by atoms with E-state index >= 15 is 0 Å². The Morgan fingerprint density at radius 1 is 1.37 bits per heavy atom. The summed E-state index contributed by atoms with van der Waals surface area (Å²) in [5, 5.41) is 2.92. The van der Waals surface area contributed by atoms with Crippen molar-refractivity contribution >= 4 is 17.5 Å². The van der Waals surface area contributed by atoms with E-state index in [0.717, 1.165) is 12.1 Å². The van der Waals surface area contributed by atoms with Crippen molar-refractivity contribution in [1.82, 2.24) is 5.32 Å². The number of hydrogen-bond acceptors (Lipinski definition) is 2. The number of nitrogens with zero attached hydrogens (tertiary/aromatic N) is 1. The molecule has 1 heterocycles. The molecule has 2 amide bonds. The minimum absolute atomic E-state index is 0.0334. The lowest BCUT2D eigenvalue weighted by atomic mass is 10.2. The summed E-state index contributed by atoms with van der Waals surface area (Å²) in [7, 11) is 0. The van der Waals surface area contributed by atoms with Gasteiger partial charge in [-0.2, -0.15) is 0 Å². The lowest BCUT2D eigenvalue weighted by Crippen LogP contribution is -2.36. The van der Waals surface area contributed by atoms with Crippen molar-refractivity contribution in [3.8, 4) is 0 Å². The normalized spacial score (nSPS) is 18.7. The van der Waals surface area contributed by atoms with Gasteiger partial charge in [0.05, 0.1) is 6.04 Å². The molecule has 0 unspecified atom stereocenters. The standard InChI is InChI=1S/C15H20N2O2/c1-3-4-14(18)16-12-9-15(19)17(10-12)13-7-5-11(2)6-8-13/h5-8,12H,3-4,9-10H2,1-2H3,(H,16,18)/t12-/m1/s1. The summed E-state index contributed by atoms with van der Waals surface area (Å²) in [6.07, 6.45) is 1.74. The van der Waals surface area contributed by atoms with Crippen LogP contribution in [0.3, 0.4) is 0 Å². The molecule has 1 fully saturated rings. The van der Waals surface area contributed by atoms with Gasteiger partial charge in [-0.15, -0.1) is 0 Å². The number of amides is 2. The lowest BCUT2D eigenvalue weighted by molar-refractivity contribution is -0.121. The van der Waals surface area contributed by atoms with Gasteiger partial charge in [0.1, 0.15) is 0 Å². The Balaban J connectivity index is 1.99. The molecule has 4 nitrogen and oxygen atoms in total. The zero-order valence-electron chi connectivity index (χ0n) is 11.5. The molecule has 1 N–H and O–H groups in total. The van der Waals surface area contributed by atoms with Crippen molar-refractivity contribution in [2.45, 2.75) is 39.2 Å². The third-order valence-corrected chi connectivity index (χ3v) is 3.31. The molecule has 1 aliphatic rings. The van der Waals surface area contributed by atoms with Crippen molar-refractivity contribution in [3.05, 3.63) is 29.8 Å². The first-order chi connectivity index (χ1) is 9.10. The average molecular weight is 260 g/mol. The van der Waals surface area contributed by atoms with Gasteiger partial charge in [0, 0.05) is 25.1 Å². The Labute approximate surface area is 113 Å². The van der Waals surface area contributed by atoms with Crippen LogP contribution >= 0.6 is 0 Å². The van der Waals surface area contributed by atoms with Gasteiger partial charge >= 0.3 is 0 Å². The van der Waals surface area contributed by atoms with E-state index in [1.165, 1.54) is 5.56 Å². The van der Waals surface area contributed by atoms with Crippen LogP contribution in [0.25, 0.3) is 0 Å². The summed E-state index contributed by atoms with van der Waals surface area (Å²) < 4.78 is 0. The molecule has 102 valence electrons. The number of rotatable bonds is 4. The van der Waals surface area contributed by atoms with Crippen LogP contribution < -0.4 is 10.2 Å². The van der Waals surface area contributed by atoms with Gasteiger partial charge < -0.3 is 10.2 Å². The molecule has 1 atom stereocenters. The van der Waals surface area contributed by atoms with E-state index in [1.807, 2.05) is 38.1 Å². The molecule has 0 aromatic heterocycles. The van der Waals surface area contributed by atoms with Crippen LogP contribution in [-0.4, -0.2) is 24.4 Å². The fourth-order valence-electron chi connectivity index (χ4n) is 2.31. The summed E-state index contributed by atoms with van der Waals surface area (Å²) >= 11 is 0. The lowest BCUT2D eigenvalue weighted by Gasteiger charge is -2.17. The SMILES string of the molecule is CCCC(=O)N[C@@H]1CC(=O)N(c2ccc(C)cc2)C1. The minimum atomic E-state index is -0.0622. The molecule has 4 heteroatoms. The van der Waals surface area contributed by atoms with Gasteiger partial charge in [-0.05, 0) is 25.5 Å². The predicted octanol–water partition coefficient (Wildman–Crippen LogP) is 2.02. The highest BCUT2D eigenvalue weighted by molar-refractivity contribution is 5.96. The van der Waals surface area contributed by atoms with Gasteiger partial charge in [-0.3, -0.25) is 9.59 Å². The van der Waals surface area contributed by atoms with Crippen LogP contribution in [0.2, 0.25) is 0 Å². The van der Waals surface area contributed by atoms with Crippen molar-refractivity contribution in [1.29, 1.82) is 0 Å². The molecule has 0 radical (unpaired) electrons. The van der Waals surface area contributed by atoms with Crippen LogP contribution in [0.5, 0.6) is 0 Å². The van der Waals surface area contributed by atoms with E-state index in [9.17, 15) is 9.59 Å². The van der Waals surface area contributed by atoms with Gasteiger partial charge in [0.2, 0.25) is 11.8 Å². The largest absolute Gasteiger partial charge is 0.351 e. The number of carbonyl (C=O) groups is 2. The van der Waals surface area contributed by atoms with Crippen LogP contribution in [-0.2, 0) is 9.59 Å². The van der Waals surface area contributed by atoms with E-state index in [1.54, 1.807) is 4.90 Å². The minimum Gasteiger partial charge on any atom is -0.351 e. The van der Waals surface area contributed by atoms with Crippen molar-refractivity contribution in [2.24, 2.45) is 0 Å². The molecule has 1 aliphatic heterocycles. The van der Waals surface area contributed by atoms with E-state index in [0.29, 0.717) is 19.4 Å². The van der Waals surface area contributed by atoms with Crippen molar-refractivity contribution in [2.75, 3.05) is 11.4 Å². The van der Waals surface area contributed by atoms with Crippen molar-refractivity contribution < 1.29 is 9.59 Å². The van der Waals surface area contributed by atoms with Gasteiger partial charge in [-0.25, -0.2) is 0 Å². The van der Waals surface area contributed by atoms with E-state index in [2.05, 4.69) is 5.32 Å². The topological polar surface area (TPSA) is 49.4 Å². The number of carbonyl (C=O) groups excluding carboxylic acids is 2. The molecule has 2 rings (SSSR count). The predicted molar refractivity (Wildman–Crippen MR) is 75.0 cm³/mol. The second-order valence-electron chi connectivity index (χ2n) is 5.06. The Morgan fingerprint density at radius 3 is 2.68 bits per heavy atom. The highest BCUT2D eigenvalue weighted by atomic mass is 16.2. The third-order valence-electron chi connectivity index (χ3n) is 3.31. The zero-order valence-corrected chi connectivity index (χ0v) is 11.5. The highest BCUT2D eigenvalue weighted by Crippen LogP contribution is 2.21. The number of hydrogen-bond donors (Lipinski definition) is 1. The third kappa shape index (κ3) is 3.34. The summed E-state index contributed by atoms with van der Waals surface area (Å²) in [5.41, 5.74) is 2.08. The number of aryl methyl sites for hydroxylation is 1. The Kier molecular flexibility index (Phi) is 4.20. The monoisotopic (exact) mass is 260 g/mol. The highest BCUT2D eigenvalue weighted by Gasteiger charge is 2.31. The summed E-state index contributed by atoms with van der Waals surface area (Å²) in [6, 6.07) is 7.82. The Morgan fingerprint density at radius 2 is 2.05 bits per heavy atom. The fraction of sp³-hybridized carbons (Fsp3) is 0.467. The Hall–Kier alpha value is -1.84. The second kappa shape index (κ2) is 5.87.